The third kappa shape index (κ3) is 3.21. The van der Waals surface area contributed by atoms with E-state index >= 15 is 0 Å². The number of hydrogen-bond donors (Lipinski definition) is 1. The zero-order valence-corrected chi connectivity index (χ0v) is 9.55. The van der Waals surface area contributed by atoms with Crippen molar-refractivity contribution in [3.63, 3.8) is 0 Å². The molecule has 0 bridgehead atoms. The van der Waals surface area contributed by atoms with Gasteiger partial charge in [0.1, 0.15) is 5.01 Å². The summed E-state index contributed by atoms with van der Waals surface area (Å²) in [4.78, 5) is 6.61. The van der Waals surface area contributed by atoms with E-state index in [9.17, 15) is 0 Å². The van der Waals surface area contributed by atoms with Crippen molar-refractivity contribution in [2.24, 2.45) is 5.73 Å². The van der Waals surface area contributed by atoms with E-state index in [1.54, 1.807) is 11.3 Å². The number of thiazole rings is 1. The minimum absolute atomic E-state index is 0.0402. The van der Waals surface area contributed by atoms with Crippen LogP contribution in [-0.4, -0.2) is 23.5 Å². The summed E-state index contributed by atoms with van der Waals surface area (Å²) >= 11 is 1.63. The number of likely N-dealkylation sites (N-methyl/N-ethyl adjacent to an activating group) is 1. The van der Waals surface area contributed by atoms with Crippen molar-refractivity contribution in [2.75, 3.05) is 13.6 Å². The smallest absolute Gasteiger partial charge is 0.109 e. The molecule has 0 aromatic carbocycles. The molecule has 0 aliphatic rings. The quantitative estimate of drug-likeness (QED) is 0.755. The van der Waals surface area contributed by atoms with E-state index in [1.807, 2.05) is 20.0 Å². The molecule has 3 nitrogen and oxygen atoms in total. The molecule has 4 heteroatoms. The Morgan fingerprint density at radius 3 is 3.00 bits per heavy atom. The van der Waals surface area contributed by atoms with Gasteiger partial charge in [0.15, 0.2) is 0 Å². The van der Waals surface area contributed by atoms with Crippen molar-refractivity contribution >= 4 is 11.3 Å². The SMILES string of the molecule is C=CCN(C)Cc1csc(C(C)N)n1. The van der Waals surface area contributed by atoms with Crippen molar-refractivity contribution < 1.29 is 0 Å². The minimum atomic E-state index is 0.0402. The van der Waals surface area contributed by atoms with E-state index in [4.69, 9.17) is 5.73 Å². The molecule has 0 spiro atoms. The first-order valence-electron chi connectivity index (χ1n) is 4.62. The van der Waals surface area contributed by atoms with Crippen LogP contribution in [0.3, 0.4) is 0 Å². The van der Waals surface area contributed by atoms with Gasteiger partial charge in [0.25, 0.3) is 0 Å². The third-order valence-electron chi connectivity index (χ3n) is 1.83. The molecular weight excluding hydrogens is 194 g/mol. The maximum atomic E-state index is 5.73. The summed E-state index contributed by atoms with van der Waals surface area (Å²) in [5, 5.41) is 3.07. The van der Waals surface area contributed by atoms with Gasteiger partial charge in [-0.25, -0.2) is 4.98 Å². The highest BCUT2D eigenvalue weighted by Crippen LogP contribution is 2.16. The molecule has 0 amide bonds. The molecule has 1 aromatic heterocycles. The highest BCUT2D eigenvalue weighted by molar-refractivity contribution is 7.09. The average molecular weight is 211 g/mol. The molecule has 2 N–H and O–H groups in total. The van der Waals surface area contributed by atoms with Gasteiger partial charge in [0.2, 0.25) is 0 Å². The fraction of sp³-hybridized carbons (Fsp3) is 0.500. The van der Waals surface area contributed by atoms with Crippen LogP contribution in [0.4, 0.5) is 0 Å². The van der Waals surface area contributed by atoms with Crippen molar-refractivity contribution in [3.8, 4) is 0 Å². The second-order valence-corrected chi connectivity index (χ2v) is 4.34. The molecule has 78 valence electrons. The van der Waals surface area contributed by atoms with Gasteiger partial charge < -0.3 is 5.73 Å². The highest BCUT2D eigenvalue weighted by atomic mass is 32.1. The summed E-state index contributed by atoms with van der Waals surface area (Å²) in [5.41, 5.74) is 6.82. The van der Waals surface area contributed by atoms with Gasteiger partial charge in [-0.1, -0.05) is 6.08 Å². The van der Waals surface area contributed by atoms with Crippen molar-refractivity contribution in [1.29, 1.82) is 0 Å². The van der Waals surface area contributed by atoms with Crippen LogP contribution in [0.1, 0.15) is 23.7 Å². The van der Waals surface area contributed by atoms with E-state index in [1.165, 1.54) is 0 Å². The second-order valence-electron chi connectivity index (χ2n) is 3.45. The Kier molecular flexibility index (Phi) is 4.25. The maximum Gasteiger partial charge on any atom is 0.109 e. The van der Waals surface area contributed by atoms with Gasteiger partial charge in [0, 0.05) is 18.5 Å². The molecule has 0 aliphatic carbocycles. The molecule has 0 fully saturated rings. The van der Waals surface area contributed by atoms with Crippen LogP contribution in [0.25, 0.3) is 0 Å². The largest absolute Gasteiger partial charge is 0.322 e. The van der Waals surface area contributed by atoms with Crippen LogP contribution in [0.15, 0.2) is 18.0 Å². The fourth-order valence-corrected chi connectivity index (χ4v) is 1.93. The maximum absolute atomic E-state index is 5.73. The Morgan fingerprint density at radius 1 is 1.79 bits per heavy atom. The number of hydrogen-bond acceptors (Lipinski definition) is 4. The Bertz CT molecular complexity index is 293. The van der Waals surface area contributed by atoms with Gasteiger partial charge in [-0.3, -0.25) is 4.90 Å². The van der Waals surface area contributed by atoms with Crippen molar-refractivity contribution in [1.82, 2.24) is 9.88 Å². The molecule has 0 saturated carbocycles. The minimum Gasteiger partial charge on any atom is -0.322 e. The van der Waals surface area contributed by atoms with E-state index < -0.39 is 0 Å². The molecule has 1 rings (SSSR count). The molecule has 1 unspecified atom stereocenters. The van der Waals surface area contributed by atoms with Crippen LogP contribution in [0, 0.1) is 0 Å². The van der Waals surface area contributed by atoms with Crippen LogP contribution in [-0.2, 0) is 6.54 Å². The number of nitrogens with two attached hydrogens (primary N) is 1. The van der Waals surface area contributed by atoms with Crippen LogP contribution in [0.2, 0.25) is 0 Å². The summed E-state index contributed by atoms with van der Waals surface area (Å²) in [6, 6.07) is 0.0402. The zero-order chi connectivity index (χ0) is 10.6. The van der Waals surface area contributed by atoms with Gasteiger partial charge in [-0.05, 0) is 14.0 Å². The Morgan fingerprint density at radius 2 is 2.50 bits per heavy atom. The summed E-state index contributed by atoms with van der Waals surface area (Å²) < 4.78 is 0. The lowest BCUT2D eigenvalue weighted by Crippen LogP contribution is -2.17. The lowest BCUT2D eigenvalue weighted by Gasteiger charge is -2.11. The standard InChI is InChI=1S/C10H17N3S/c1-4-5-13(3)6-9-7-14-10(12-9)8(2)11/h4,7-8H,1,5-6,11H2,2-3H3. The third-order valence-corrected chi connectivity index (χ3v) is 2.93. The van der Waals surface area contributed by atoms with Crippen LogP contribution >= 0.6 is 11.3 Å². The Hall–Kier alpha value is -0.710. The number of aromatic nitrogens is 1. The highest BCUT2D eigenvalue weighted by Gasteiger charge is 2.07. The molecule has 14 heavy (non-hydrogen) atoms. The van der Waals surface area contributed by atoms with E-state index in [0.717, 1.165) is 23.8 Å². The van der Waals surface area contributed by atoms with Gasteiger partial charge in [-0.2, -0.15) is 0 Å². The van der Waals surface area contributed by atoms with Crippen molar-refractivity contribution in [3.05, 3.63) is 28.7 Å². The van der Waals surface area contributed by atoms with E-state index in [2.05, 4.69) is 21.8 Å². The first-order chi connectivity index (χ1) is 6.63. The van der Waals surface area contributed by atoms with Gasteiger partial charge in [-0.15, -0.1) is 17.9 Å². The molecule has 0 radical (unpaired) electrons. The number of nitrogens with zero attached hydrogens (tertiary/aromatic N) is 2. The molecule has 1 aromatic rings. The van der Waals surface area contributed by atoms with Crippen molar-refractivity contribution in [2.45, 2.75) is 19.5 Å². The van der Waals surface area contributed by atoms with Crippen LogP contribution in [0.5, 0.6) is 0 Å². The predicted octanol–water partition coefficient (Wildman–Crippen LogP) is 1.78. The predicted molar refractivity (Wildman–Crippen MR) is 61.2 cm³/mol. The van der Waals surface area contributed by atoms with E-state index in [-0.39, 0.29) is 6.04 Å². The number of rotatable bonds is 5. The summed E-state index contributed by atoms with van der Waals surface area (Å²) in [5.74, 6) is 0. The fourth-order valence-electron chi connectivity index (χ4n) is 1.17. The molecule has 1 atom stereocenters. The first-order valence-corrected chi connectivity index (χ1v) is 5.50. The lowest BCUT2D eigenvalue weighted by molar-refractivity contribution is 0.359. The lowest BCUT2D eigenvalue weighted by atomic mass is 10.4. The molecule has 0 aliphatic heterocycles. The Balaban J connectivity index is 2.55. The topological polar surface area (TPSA) is 42.1 Å². The molecule has 1 heterocycles. The first kappa shape index (κ1) is 11.4. The zero-order valence-electron chi connectivity index (χ0n) is 8.73. The van der Waals surface area contributed by atoms with Gasteiger partial charge in [0.05, 0.1) is 11.7 Å². The van der Waals surface area contributed by atoms with Gasteiger partial charge >= 0.3 is 0 Å². The summed E-state index contributed by atoms with van der Waals surface area (Å²) in [6.07, 6.45) is 1.89. The summed E-state index contributed by atoms with van der Waals surface area (Å²) in [6.45, 7) is 7.39. The second kappa shape index (κ2) is 5.24. The average Bonchev–Trinajstić information content (AvgIpc) is 2.53. The Labute approximate surface area is 89.3 Å². The molecule has 0 saturated heterocycles. The monoisotopic (exact) mass is 211 g/mol. The van der Waals surface area contributed by atoms with Crippen LogP contribution < -0.4 is 5.73 Å². The normalized spacial score (nSPS) is 13.1. The van der Waals surface area contributed by atoms with E-state index in [0.29, 0.717) is 0 Å². The summed E-state index contributed by atoms with van der Waals surface area (Å²) in [7, 11) is 2.05. The molecular formula is C10H17N3S.